The monoisotopic (exact) mass is 153 g/mol. The molecule has 3 heteroatoms. The first-order valence-electron chi connectivity index (χ1n) is 3.64. The Bertz CT molecular complexity index is 210. The molecule has 0 radical (unpaired) electrons. The molecule has 0 aliphatic carbocycles. The summed E-state index contributed by atoms with van der Waals surface area (Å²) in [7, 11) is 0. The van der Waals surface area contributed by atoms with Gasteiger partial charge in [0.25, 0.3) is 5.91 Å². The second kappa shape index (κ2) is 2.86. The van der Waals surface area contributed by atoms with Crippen LogP contribution in [-0.4, -0.2) is 23.3 Å². The molecule has 0 saturated carbocycles. The van der Waals surface area contributed by atoms with Gasteiger partial charge in [0.2, 0.25) is 5.91 Å². The molecular formula is C8H11NO2. The fourth-order valence-corrected chi connectivity index (χ4v) is 1.15. The Morgan fingerprint density at radius 2 is 2.45 bits per heavy atom. The smallest absolute Gasteiger partial charge is 0.252 e. The summed E-state index contributed by atoms with van der Waals surface area (Å²) in [5, 5.41) is 0. The largest absolute Gasteiger partial charge is 0.279 e. The van der Waals surface area contributed by atoms with Crippen molar-refractivity contribution in [3.8, 4) is 0 Å². The third-order valence-corrected chi connectivity index (χ3v) is 1.91. The molecule has 11 heavy (non-hydrogen) atoms. The molecule has 0 aromatic rings. The first-order chi connectivity index (χ1) is 5.16. The molecular weight excluding hydrogens is 142 g/mol. The Hall–Kier alpha value is -1.12. The van der Waals surface area contributed by atoms with Crippen molar-refractivity contribution in [2.24, 2.45) is 5.92 Å². The van der Waals surface area contributed by atoms with E-state index in [1.165, 1.54) is 11.0 Å². The molecule has 1 rings (SSSR count). The normalized spacial score (nSPS) is 23.9. The quantitative estimate of drug-likeness (QED) is 0.516. The highest BCUT2D eigenvalue weighted by atomic mass is 16.2. The van der Waals surface area contributed by atoms with Crippen LogP contribution in [0.15, 0.2) is 12.7 Å². The summed E-state index contributed by atoms with van der Waals surface area (Å²) in [6.45, 7) is 5.70. The second-order valence-electron chi connectivity index (χ2n) is 2.72. The number of hydrogen-bond donors (Lipinski definition) is 0. The lowest BCUT2D eigenvalue weighted by Gasteiger charge is -2.10. The summed E-state index contributed by atoms with van der Waals surface area (Å²) in [5.41, 5.74) is 0. The number of carbonyl (C=O) groups is 2. The minimum atomic E-state index is -0.278. The van der Waals surface area contributed by atoms with E-state index in [9.17, 15) is 9.59 Å². The minimum absolute atomic E-state index is 0.00102. The third-order valence-electron chi connectivity index (χ3n) is 1.91. The molecule has 2 amide bonds. The molecule has 1 atom stereocenters. The van der Waals surface area contributed by atoms with Gasteiger partial charge >= 0.3 is 0 Å². The fraction of sp³-hybridized carbons (Fsp3) is 0.500. The fourth-order valence-electron chi connectivity index (χ4n) is 1.15. The lowest BCUT2D eigenvalue weighted by atomic mass is 10.1. The van der Waals surface area contributed by atoms with E-state index in [0.717, 1.165) is 6.42 Å². The number of nitrogens with zero attached hydrogens (tertiary/aromatic N) is 1. The van der Waals surface area contributed by atoms with Crippen molar-refractivity contribution in [3.63, 3.8) is 0 Å². The molecule has 0 aromatic heterocycles. The van der Waals surface area contributed by atoms with Gasteiger partial charge in [0, 0.05) is 12.5 Å². The van der Waals surface area contributed by atoms with Gasteiger partial charge in [-0.1, -0.05) is 13.5 Å². The van der Waals surface area contributed by atoms with Gasteiger partial charge < -0.3 is 0 Å². The molecule has 60 valence electrons. The van der Waals surface area contributed by atoms with Crippen LogP contribution in [0.25, 0.3) is 0 Å². The van der Waals surface area contributed by atoms with Gasteiger partial charge in [0.1, 0.15) is 0 Å². The highest BCUT2D eigenvalue weighted by Gasteiger charge is 2.30. The molecule has 0 bridgehead atoms. The van der Waals surface area contributed by atoms with Gasteiger partial charge in [0.15, 0.2) is 0 Å². The van der Waals surface area contributed by atoms with Gasteiger partial charge in [-0.2, -0.15) is 0 Å². The van der Waals surface area contributed by atoms with E-state index in [-0.39, 0.29) is 17.7 Å². The van der Waals surface area contributed by atoms with Crippen molar-refractivity contribution >= 4 is 11.8 Å². The minimum Gasteiger partial charge on any atom is -0.279 e. The zero-order valence-electron chi connectivity index (χ0n) is 6.54. The van der Waals surface area contributed by atoms with E-state index in [4.69, 9.17) is 0 Å². The average Bonchev–Trinajstić information content (AvgIpc) is 2.32. The molecule has 1 aliphatic rings. The summed E-state index contributed by atoms with van der Waals surface area (Å²) in [4.78, 5) is 23.4. The van der Waals surface area contributed by atoms with Gasteiger partial charge in [0.05, 0.1) is 0 Å². The lowest BCUT2D eigenvalue weighted by Crippen LogP contribution is -2.31. The molecule has 1 heterocycles. The van der Waals surface area contributed by atoms with E-state index in [0.29, 0.717) is 6.54 Å². The maximum Gasteiger partial charge on any atom is 0.252 e. The number of hydrogen-bond acceptors (Lipinski definition) is 2. The Kier molecular flexibility index (Phi) is 2.08. The first kappa shape index (κ1) is 7.98. The molecule has 1 fully saturated rings. The Labute approximate surface area is 65.7 Å². The van der Waals surface area contributed by atoms with Crippen molar-refractivity contribution in [2.75, 3.05) is 6.54 Å². The molecule has 1 saturated heterocycles. The average molecular weight is 153 g/mol. The highest BCUT2D eigenvalue weighted by molar-refractivity contribution is 6.02. The van der Waals surface area contributed by atoms with E-state index in [1.54, 1.807) is 0 Å². The number of amides is 2. The molecule has 3 nitrogen and oxygen atoms in total. The van der Waals surface area contributed by atoms with Crippen molar-refractivity contribution in [2.45, 2.75) is 13.3 Å². The first-order valence-corrected chi connectivity index (χ1v) is 3.64. The zero-order chi connectivity index (χ0) is 8.43. The summed E-state index contributed by atoms with van der Waals surface area (Å²) < 4.78 is 0. The number of likely N-dealkylation sites (tertiary alicyclic amines) is 1. The molecule has 1 unspecified atom stereocenters. The van der Waals surface area contributed by atoms with Crippen LogP contribution < -0.4 is 0 Å². The molecule has 0 aromatic carbocycles. The lowest BCUT2D eigenvalue weighted by molar-refractivity contribution is -0.140. The number of carbonyl (C=O) groups excluding carboxylic acids is 2. The standard InChI is InChI=1S/C8H11NO2/c1-3-7(10)9-5-4-6(2)8(9)11/h3,6H,1,4-5H2,2H3. The maximum absolute atomic E-state index is 11.2. The highest BCUT2D eigenvalue weighted by Crippen LogP contribution is 2.16. The molecule has 0 N–H and O–H groups in total. The molecule has 0 spiro atoms. The van der Waals surface area contributed by atoms with Crippen LogP contribution in [0, 0.1) is 5.92 Å². The van der Waals surface area contributed by atoms with Gasteiger partial charge in [-0.05, 0) is 12.5 Å². The van der Waals surface area contributed by atoms with Crippen LogP contribution in [0.2, 0.25) is 0 Å². The van der Waals surface area contributed by atoms with Crippen LogP contribution in [0.5, 0.6) is 0 Å². The predicted molar refractivity (Wildman–Crippen MR) is 40.7 cm³/mol. The zero-order valence-corrected chi connectivity index (χ0v) is 6.54. The van der Waals surface area contributed by atoms with Crippen LogP contribution in [0.3, 0.4) is 0 Å². The predicted octanol–water partition coefficient (Wildman–Crippen LogP) is 0.567. The summed E-state index contributed by atoms with van der Waals surface area (Å²) in [5.74, 6) is -0.354. The Balaban J connectivity index is 2.69. The van der Waals surface area contributed by atoms with Crippen molar-refractivity contribution in [3.05, 3.63) is 12.7 Å². The van der Waals surface area contributed by atoms with Crippen LogP contribution in [0.1, 0.15) is 13.3 Å². The topological polar surface area (TPSA) is 37.4 Å². The Morgan fingerprint density at radius 3 is 2.82 bits per heavy atom. The van der Waals surface area contributed by atoms with E-state index in [1.807, 2.05) is 6.92 Å². The van der Waals surface area contributed by atoms with E-state index >= 15 is 0 Å². The van der Waals surface area contributed by atoms with Crippen LogP contribution in [0.4, 0.5) is 0 Å². The van der Waals surface area contributed by atoms with Crippen molar-refractivity contribution in [1.29, 1.82) is 0 Å². The summed E-state index contributed by atoms with van der Waals surface area (Å²) in [6, 6.07) is 0. The van der Waals surface area contributed by atoms with E-state index < -0.39 is 0 Å². The van der Waals surface area contributed by atoms with E-state index in [2.05, 4.69) is 6.58 Å². The Morgan fingerprint density at radius 1 is 1.82 bits per heavy atom. The summed E-state index contributed by atoms with van der Waals surface area (Å²) >= 11 is 0. The third kappa shape index (κ3) is 1.31. The van der Waals surface area contributed by atoms with Crippen LogP contribution >= 0.6 is 0 Å². The summed E-state index contributed by atoms with van der Waals surface area (Å²) in [6.07, 6.45) is 1.95. The number of rotatable bonds is 1. The second-order valence-corrected chi connectivity index (χ2v) is 2.72. The maximum atomic E-state index is 11.2. The van der Waals surface area contributed by atoms with Crippen molar-refractivity contribution in [1.82, 2.24) is 4.90 Å². The van der Waals surface area contributed by atoms with Gasteiger partial charge in [-0.25, -0.2) is 0 Å². The number of imide groups is 1. The van der Waals surface area contributed by atoms with Gasteiger partial charge in [-0.3, -0.25) is 14.5 Å². The van der Waals surface area contributed by atoms with Crippen LogP contribution in [-0.2, 0) is 9.59 Å². The van der Waals surface area contributed by atoms with Crippen molar-refractivity contribution < 1.29 is 9.59 Å². The van der Waals surface area contributed by atoms with Gasteiger partial charge in [-0.15, -0.1) is 0 Å². The SMILES string of the molecule is C=CC(=O)N1CCC(C)C1=O. The molecule has 1 aliphatic heterocycles.